The molecule has 11 heteroatoms. The highest BCUT2D eigenvalue weighted by Crippen LogP contribution is 2.38. The average molecular weight is 508 g/mol. The Bertz CT molecular complexity index is 1050. The molecule has 8 nitrogen and oxygen atoms in total. The Hall–Kier alpha value is -3.34. The summed E-state index contributed by atoms with van der Waals surface area (Å²) in [6.07, 6.45) is -2.98. The third-order valence-corrected chi connectivity index (χ3v) is 6.59. The molecule has 2 aromatic rings. The molecule has 0 N–H and O–H groups in total. The fourth-order valence-electron chi connectivity index (χ4n) is 4.62. The lowest BCUT2D eigenvalue weighted by atomic mass is 9.95. The van der Waals surface area contributed by atoms with Crippen LogP contribution in [0.3, 0.4) is 0 Å². The molecule has 0 aromatic heterocycles. The summed E-state index contributed by atoms with van der Waals surface area (Å²) in [6.45, 7) is 2.78. The second kappa shape index (κ2) is 11.2. The number of para-hydroxylation sites is 1. The van der Waals surface area contributed by atoms with Crippen LogP contribution in [0.2, 0.25) is 0 Å². The van der Waals surface area contributed by atoms with Gasteiger partial charge in [-0.1, -0.05) is 18.2 Å². The number of hydrogen-bond acceptors (Lipinski definition) is 6. The monoisotopic (exact) mass is 507 g/mol. The SMILES string of the molecule is O=C(COC1CCC(Oc2ccc([N+](=O)[O-])c(C(F)(F)F)c2)CC1)N1CCN(c2ccccc2)CC1. The van der Waals surface area contributed by atoms with Crippen molar-refractivity contribution < 1.29 is 32.4 Å². The van der Waals surface area contributed by atoms with Gasteiger partial charge >= 0.3 is 6.18 Å². The van der Waals surface area contributed by atoms with Gasteiger partial charge in [0.1, 0.15) is 17.9 Å². The molecule has 2 fully saturated rings. The van der Waals surface area contributed by atoms with Crippen LogP contribution in [-0.2, 0) is 15.7 Å². The van der Waals surface area contributed by atoms with Gasteiger partial charge in [-0.05, 0) is 49.9 Å². The van der Waals surface area contributed by atoms with Crippen molar-refractivity contribution in [2.75, 3.05) is 37.7 Å². The maximum atomic E-state index is 13.2. The third-order valence-electron chi connectivity index (χ3n) is 6.59. The molecule has 0 spiro atoms. The van der Waals surface area contributed by atoms with E-state index in [2.05, 4.69) is 17.0 Å². The number of anilines is 1. The maximum Gasteiger partial charge on any atom is 0.423 e. The summed E-state index contributed by atoms with van der Waals surface area (Å²) in [5.74, 6) is -0.103. The zero-order valence-electron chi connectivity index (χ0n) is 19.7. The van der Waals surface area contributed by atoms with Crippen LogP contribution in [0.1, 0.15) is 31.2 Å². The van der Waals surface area contributed by atoms with Crippen molar-refractivity contribution in [2.45, 2.75) is 44.1 Å². The molecule has 1 amide bonds. The molecule has 1 aliphatic carbocycles. The van der Waals surface area contributed by atoms with E-state index in [0.717, 1.165) is 24.8 Å². The highest BCUT2D eigenvalue weighted by Gasteiger charge is 2.39. The third kappa shape index (κ3) is 6.45. The molecule has 1 aliphatic heterocycles. The quantitative estimate of drug-likeness (QED) is 0.400. The average Bonchev–Trinajstić information content (AvgIpc) is 2.88. The van der Waals surface area contributed by atoms with Crippen LogP contribution in [0.5, 0.6) is 5.75 Å². The summed E-state index contributed by atoms with van der Waals surface area (Å²) >= 11 is 0. The van der Waals surface area contributed by atoms with Crippen molar-refractivity contribution in [2.24, 2.45) is 0 Å². The Balaban J connectivity index is 1.20. The lowest BCUT2D eigenvalue weighted by Gasteiger charge is -2.36. The molecular weight excluding hydrogens is 479 g/mol. The predicted octanol–water partition coefficient (Wildman–Crippen LogP) is 4.67. The van der Waals surface area contributed by atoms with Crippen molar-refractivity contribution in [3.63, 3.8) is 0 Å². The molecule has 0 radical (unpaired) electrons. The summed E-state index contributed by atoms with van der Waals surface area (Å²) in [7, 11) is 0. The molecule has 0 bridgehead atoms. The molecule has 2 aliphatic rings. The van der Waals surface area contributed by atoms with Gasteiger partial charge in [0.05, 0.1) is 17.1 Å². The summed E-state index contributed by atoms with van der Waals surface area (Å²) in [5.41, 5.74) is -1.19. The first kappa shape index (κ1) is 25.7. The first-order chi connectivity index (χ1) is 17.2. The molecule has 1 saturated carbocycles. The molecule has 1 saturated heterocycles. The number of carbonyl (C=O) groups excluding carboxylic acids is 1. The number of piperazine rings is 1. The topological polar surface area (TPSA) is 85.1 Å². The van der Waals surface area contributed by atoms with Crippen molar-refractivity contribution in [1.29, 1.82) is 0 Å². The molecule has 2 aromatic carbocycles. The summed E-state index contributed by atoms with van der Waals surface area (Å²) in [4.78, 5) is 26.5. The van der Waals surface area contributed by atoms with E-state index in [1.807, 2.05) is 18.2 Å². The van der Waals surface area contributed by atoms with E-state index in [4.69, 9.17) is 9.47 Å². The number of amides is 1. The Morgan fingerprint density at radius 3 is 2.22 bits per heavy atom. The fourth-order valence-corrected chi connectivity index (χ4v) is 4.62. The van der Waals surface area contributed by atoms with Gasteiger partial charge in [-0.2, -0.15) is 13.2 Å². The number of nitrogens with zero attached hydrogens (tertiary/aromatic N) is 3. The number of rotatable bonds is 7. The maximum absolute atomic E-state index is 13.2. The van der Waals surface area contributed by atoms with E-state index in [9.17, 15) is 28.1 Å². The van der Waals surface area contributed by atoms with Gasteiger partial charge in [0.2, 0.25) is 5.91 Å². The predicted molar refractivity (Wildman–Crippen MR) is 126 cm³/mol. The smallest absolute Gasteiger partial charge is 0.423 e. The van der Waals surface area contributed by atoms with Crippen LogP contribution in [0, 0.1) is 10.1 Å². The zero-order chi connectivity index (χ0) is 25.7. The van der Waals surface area contributed by atoms with Gasteiger partial charge in [0, 0.05) is 37.9 Å². The van der Waals surface area contributed by atoms with E-state index in [1.54, 1.807) is 4.90 Å². The number of alkyl halides is 3. The second-order valence-electron chi connectivity index (χ2n) is 8.96. The number of halogens is 3. The summed E-state index contributed by atoms with van der Waals surface area (Å²) in [6, 6.07) is 12.7. The fraction of sp³-hybridized carbons (Fsp3) is 0.480. The largest absolute Gasteiger partial charge is 0.490 e. The van der Waals surface area contributed by atoms with Crippen molar-refractivity contribution in [3.05, 3.63) is 64.2 Å². The Kier molecular flexibility index (Phi) is 7.97. The Labute approximate surface area is 206 Å². The minimum atomic E-state index is -4.85. The number of nitro groups is 1. The second-order valence-corrected chi connectivity index (χ2v) is 8.96. The molecule has 0 unspecified atom stereocenters. The molecule has 36 heavy (non-hydrogen) atoms. The normalized spacial score (nSPS) is 20.8. The van der Waals surface area contributed by atoms with Gasteiger partial charge in [0.15, 0.2) is 0 Å². The number of carbonyl (C=O) groups is 1. The van der Waals surface area contributed by atoms with Crippen LogP contribution in [0.15, 0.2) is 48.5 Å². The molecule has 4 rings (SSSR count). The van der Waals surface area contributed by atoms with Crippen LogP contribution < -0.4 is 9.64 Å². The van der Waals surface area contributed by atoms with Gasteiger partial charge in [0.25, 0.3) is 5.69 Å². The molecule has 1 heterocycles. The van der Waals surface area contributed by atoms with E-state index >= 15 is 0 Å². The van der Waals surface area contributed by atoms with Crippen LogP contribution in [-0.4, -0.2) is 60.7 Å². The van der Waals surface area contributed by atoms with Crippen LogP contribution in [0.25, 0.3) is 0 Å². The van der Waals surface area contributed by atoms with E-state index in [0.29, 0.717) is 44.8 Å². The zero-order valence-corrected chi connectivity index (χ0v) is 19.7. The standard InChI is InChI=1S/C25H28F3N3O5/c26-25(27,28)22-16-21(10-11-23(22)31(33)34)36-20-8-6-19(7-9-20)35-17-24(32)30-14-12-29(13-15-30)18-4-2-1-3-5-18/h1-5,10-11,16,19-20H,6-9,12-15,17H2. The first-order valence-electron chi connectivity index (χ1n) is 11.9. The number of benzene rings is 2. The number of nitro benzene ring substituents is 1. The number of hydrogen-bond donors (Lipinski definition) is 0. The Morgan fingerprint density at radius 1 is 0.972 bits per heavy atom. The minimum Gasteiger partial charge on any atom is -0.490 e. The van der Waals surface area contributed by atoms with Crippen LogP contribution >= 0.6 is 0 Å². The molecule has 0 atom stereocenters. The van der Waals surface area contributed by atoms with Crippen molar-refractivity contribution >= 4 is 17.3 Å². The molecule has 194 valence electrons. The number of ether oxygens (including phenoxy) is 2. The highest BCUT2D eigenvalue weighted by atomic mass is 19.4. The first-order valence-corrected chi connectivity index (χ1v) is 11.9. The lowest BCUT2D eigenvalue weighted by Crippen LogP contribution is -2.50. The van der Waals surface area contributed by atoms with Gasteiger partial charge in [-0.15, -0.1) is 0 Å². The van der Waals surface area contributed by atoms with Crippen LogP contribution in [0.4, 0.5) is 24.5 Å². The van der Waals surface area contributed by atoms with E-state index < -0.39 is 22.4 Å². The summed E-state index contributed by atoms with van der Waals surface area (Å²) in [5, 5.41) is 10.9. The van der Waals surface area contributed by atoms with E-state index in [-0.39, 0.29) is 30.5 Å². The highest BCUT2D eigenvalue weighted by molar-refractivity contribution is 5.77. The summed E-state index contributed by atoms with van der Waals surface area (Å²) < 4.78 is 51.1. The molecular formula is C25H28F3N3O5. The van der Waals surface area contributed by atoms with E-state index in [1.165, 1.54) is 6.07 Å². The van der Waals surface area contributed by atoms with Gasteiger partial charge < -0.3 is 19.3 Å². The Morgan fingerprint density at radius 2 is 1.61 bits per heavy atom. The van der Waals surface area contributed by atoms with Crippen molar-refractivity contribution in [3.8, 4) is 5.75 Å². The lowest BCUT2D eigenvalue weighted by molar-refractivity contribution is -0.388. The van der Waals surface area contributed by atoms with Crippen molar-refractivity contribution in [1.82, 2.24) is 4.90 Å². The van der Waals surface area contributed by atoms with Gasteiger partial charge in [-0.3, -0.25) is 14.9 Å². The van der Waals surface area contributed by atoms with Gasteiger partial charge in [-0.25, -0.2) is 0 Å². The minimum absolute atomic E-state index is 0.00117.